The lowest BCUT2D eigenvalue weighted by Gasteiger charge is -2.22. The monoisotopic (exact) mass is 322 g/mol. The Balaban J connectivity index is 1.81. The zero-order chi connectivity index (χ0) is 16.7. The van der Waals surface area contributed by atoms with Gasteiger partial charge in [0.2, 0.25) is 0 Å². The third-order valence-electron chi connectivity index (χ3n) is 4.06. The molecule has 0 unspecified atom stereocenters. The van der Waals surface area contributed by atoms with E-state index in [2.05, 4.69) is 4.90 Å². The molecule has 1 aromatic rings. The van der Waals surface area contributed by atoms with Crippen LogP contribution in [-0.2, 0) is 4.79 Å². The molecule has 1 saturated heterocycles. The Kier molecular flexibility index (Phi) is 6.52. The molecule has 1 aliphatic rings. The van der Waals surface area contributed by atoms with Gasteiger partial charge in [-0.1, -0.05) is 6.07 Å². The average molecular weight is 322 g/mol. The Hall–Kier alpha value is -1.95. The fraction of sp³-hybridized carbons (Fsp3) is 0.529. The van der Waals surface area contributed by atoms with Gasteiger partial charge in [-0.25, -0.2) is 4.39 Å². The molecule has 0 spiro atoms. The van der Waals surface area contributed by atoms with Gasteiger partial charge in [0.15, 0.2) is 0 Å². The van der Waals surface area contributed by atoms with Crippen LogP contribution in [0.15, 0.2) is 24.3 Å². The second-order valence-electron chi connectivity index (χ2n) is 5.85. The van der Waals surface area contributed by atoms with E-state index in [1.54, 1.807) is 17.0 Å². The van der Waals surface area contributed by atoms with E-state index in [-0.39, 0.29) is 12.3 Å². The molecule has 0 aromatic heterocycles. The molecule has 0 radical (unpaired) electrons. The van der Waals surface area contributed by atoms with Crippen molar-refractivity contribution in [1.29, 1.82) is 0 Å². The minimum absolute atomic E-state index is 0.128. The van der Waals surface area contributed by atoms with E-state index in [0.717, 1.165) is 32.5 Å². The molecule has 6 heteroatoms. The van der Waals surface area contributed by atoms with Crippen LogP contribution in [0.2, 0.25) is 0 Å². The number of amides is 1. The van der Waals surface area contributed by atoms with Gasteiger partial charge < -0.3 is 14.9 Å². The summed E-state index contributed by atoms with van der Waals surface area (Å²) >= 11 is 0. The molecule has 0 atom stereocenters. The van der Waals surface area contributed by atoms with Crippen molar-refractivity contribution in [3.63, 3.8) is 0 Å². The highest BCUT2D eigenvalue weighted by atomic mass is 19.1. The lowest BCUT2D eigenvalue weighted by molar-refractivity contribution is -0.137. The molecule has 5 nitrogen and oxygen atoms in total. The van der Waals surface area contributed by atoms with Gasteiger partial charge in [-0.15, -0.1) is 0 Å². The molecular weight excluding hydrogens is 299 g/mol. The number of halogens is 1. The number of hydrogen-bond acceptors (Lipinski definition) is 3. The van der Waals surface area contributed by atoms with Crippen LogP contribution in [0.3, 0.4) is 0 Å². The number of benzene rings is 1. The summed E-state index contributed by atoms with van der Waals surface area (Å²) in [4.78, 5) is 27.0. The molecule has 1 aromatic carbocycles. The number of carbonyl (C=O) groups excluding carboxylic acids is 1. The van der Waals surface area contributed by atoms with Crippen LogP contribution >= 0.6 is 0 Å². The summed E-state index contributed by atoms with van der Waals surface area (Å²) in [7, 11) is 0. The van der Waals surface area contributed by atoms with Crippen molar-refractivity contribution in [2.75, 3.05) is 32.7 Å². The number of carboxylic acids is 1. The van der Waals surface area contributed by atoms with Crippen LogP contribution in [0.5, 0.6) is 0 Å². The second-order valence-corrected chi connectivity index (χ2v) is 5.85. The number of carboxylic acid groups (broad SMARTS) is 1. The van der Waals surface area contributed by atoms with E-state index in [1.165, 1.54) is 12.1 Å². The smallest absolute Gasteiger partial charge is 0.303 e. The standard InChI is InChI=1S/C17H23FN2O3/c18-15-6-3-5-14(13-15)17(23)20-10-4-9-19(11-12-20)8-2-1-7-16(21)22/h3,5-6,13H,1-2,4,7-12H2,(H,21,22). The first-order valence-electron chi connectivity index (χ1n) is 8.05. The maximum Gasteiger partial charge on any atom is 0.303 e. The largest absolute Gasteiger partial charge is 0.481 e. The highest BCUT2D eigenvalue weighted by molar-refractivity contribution is 5.94. The molecule has 126 valence electrons. The number of carbonyl (C=O) groups is 2. The minimum Gasteiger partial charge on any atom is -0.481 e. The maximum atomic E-state index is 13.2. The third-order valence-corrected chi connectivity index (χ3v) is 4.06. The van der Waals surface area contributed by atoms with Gasteiger partial charge in [0.05, 0.1) is 0 Å². The average Bonchev–Trinajstić information content (AvgIpc) is 2.76. The maximum absolute atomic E-state index is 13.2. The summed E-state index contributed by atoms with van der Waals surface area (Å²) in [6.07, 6.45) is 2.61. The normalized spacial score (nSPS) is 16.1. The fourth-order valence-electron chi connectivity index (χ4n) is 2.81. The van der Waals surface area contributed by atoms with E-state index in [9.17, 15) is 14.0 Å². The SMILES string of the molecule is O=C(O)CCCCN1CCCN(C(=O)c2cccc(F)c2)CC1. The van der Waals surface area contributed by atoms with Crippen molar-refractivity contribution >= 4 is 11.9 Å². The quantitative estimate of drug-likeness (QED) is 0.816. The predicted octanol–water partition coefficient (Wildman–Crippen LogP) is 2.23. The molecular formula is C17H23FN2O3. The van der Waals surface area contributed by atoms with Gasteiger partial charge in [-0.3, -0.25) is 9.59 Å². The topological polar surface area (TPSA) is 60.9 Å². The lowest BCUT2D eigenvalue weighted by atomic mass is 10.2. The number of hydrogen-bond donors (Lipinski definition) is 1. The van der Waals surface area contributed by atoms with Gasteiger partial charge in [-0.05, 0) is 50.6 Å². The van der Waals surface area contributed by atoms with Crippen molar-refractivity contribution in [2.45, 2.75) is 25.7 Å². The molecule has 2 rings (SSSR count). The summed E-state index contributed by atoms with van der Waals surface area (Å²) in [6.45, 7) is 3.82. The van der Waals surface area contributed by atoms with Crippen molar-refractivity contribution in [3.8, 4) is 0 Å². The second kappa shape index (κ2) is 8.62. The van der Waals surface area contributed by atoms with Crippen LogP contribution in [0, 0.1) is 5.82 Å². The summed E-state index contributed by atoms with van der Waals surface area (Å²) in [5.74, 6) is -1.28. The van der Waals surface area contributed by atoms with E-state index in [0.29, 0.717) is 25.1 Å². The fourth-order valence-corrected chi connectivity index (χ4v) is 2.81. The van der Waals surface area contributed by atoms with Crippen LogP contribution in [-0.4, -0.2) is 59.5 Å². The zero-order valence-electron chi connectivity index (χ0n) is 13.2. The summed E-state index contributed by atoms with van der Waals surface area (Å²) in [5, 5.41) is 8.63. The number of rotatable bonds is 6. The molecule has 1 amide bonds. The molecule has 1 aliphatic heterocycles. The van der Waals surface area contributed by atoms with Crippen molar-refractivity contribution in [3.05, 3.63) is 35.6 Å². The van der Waals surface area contributed by atoms with Crippen LogP contribution in [0.1, 0.15) is 36.0 Å². The minimum atomic E-state index is -0.757. The van der Waals surface area contributed by atoms with E-state index in [1.807, 2.05) is 0 Å². The first kappa shape index (κ1) is 17.4. The number of nitrogens with zero attached hydrogens (tertiary/aromatic N) is 2. The predicted molar refractivity (Wildman–Crippen MR) is 84.8 cm³/mol. The lowest BCUT2D eigenvalue weighted by Crippen LogP contribution is -2.35. The molecule has 23 heavy (non-hydrogen) atoms. The number of unbranched alkanes of at least 4 members (excludes halogenated alkanes) is 1. The highest BCUT2D eigenvalue weighted by Crippen LogP contribution is 2.11. The highest BCUT2D eigenvalue weighted by Gasteiger charge is 2.20. The van der Waals surface area contributed by atoms with Gasteiger partial charge in [0.1, 0.15) is 5.82 Å². The van der Waals surface area contributed by atoms with E-state index in [4.69, 9.17) is 5.11 Å². The molecule has 1 heterocycles. The van der Waals surface area contributed by atoms with Gasteiger partial charge in [0, 0.05) is 31.6 Å². The zero-order valence-corrected chi connectivity index (χ0v) is 13.2. The Morgan fingerprint density at radius 3 is 2.70 bits per heavy atom. The van der Waals surface area contributed by atoms with Gasteiger partial charge in [0.25, 0.3) is 5.91 Å². The van der Waals surface area contributed by atoms with Crippen molar-refractivity contribution < 1.29 is 19.1 Å². The van der Waals surface area contributed by atoms with Crippen LogP contribution in [0.4, 0.5) is 4.39 Å². The first-order valence-corrected chi connectivity index (χ1v) is 8.05. The van der Waals surface area contributed by atoms with Gasteiger partial charge >= 0.3 is 5.97 Å². The summed E-state index contributed by atoms with van der Waals surface area (Å²) < 4.78 is 13.2. The Labute approximate surface area is 135 Å². The van der Waals surface area contributed by atoms with Crippen LogP contribution in [0.25, 0.3) is 0 Å². The Morgan fingerprint density at radius 2 is 1.96 bits per heavy atom. The first-order chi connectivity index (χ1) is 11.1. The molecule has 0 saturated carbocycles. The number of aliphatic carboxylic acids is 1. The Morgan fingerprint density at radius 1 is 1.13 bits per heavy atom. The summed E-state index contributed by atoms with van der Waals surface area (Å²) in [5.41, 5.74) is 0.389. The van der Waals surface area contributed by atoms with Gasteiger partial charge in [-0.2, -0.15) is 0 Å². The van der Waals surface area contributed by atoms with E-state index < -0.39 is 11.8 Å². The van der Waals surface area contributed by atoms with Crippen molar-refractivity contribution in [2.24, 2.45) is 0 Å². The van der Waals surface area contributed by atoms with E-state index >= 15 is 0 Å². The Bertz CT molecular complexity index is 550. The molecule has 0 bridgehead atoms. The molecule has 1 N–H and O–H groups in total. The molecule has 1 fully saturated rings. The van der Waals surface area contributed by atoms with Crippen molar-refractivity contribution in [1.82, 2.24) is 9.80 Å². The summed E-state index contributed by atoms with van der Waals surface area (Å²) in [6, 6.07) is 5.80. The van der Waals surface area contributed by atoms with Crippen LogP contribution < -0.4 is 0 Å². The third kappa shape index (κ3) is 5.63. The molecule has 0 aliphatic carbocycles.